The van der Waals surface area contributed by atoms with Gasteiger partial charge in [-0.3, -0.25) is 0 Å². The zero-order valence-corrected chi connectivity index (χ0v) is 20.7. The van der Waals surface area contributed by atoms with Crippen molar-refractivity contribution in [2.45, 2.75) is 19.6 Å². The monoisotopic (exact) mass is 478 g/mol. The van der Waals surface area contributed by atoms with Gasteiger partial charge in [-0.15, -0.1) is 3.63 Å². The van der Waals surface area contributed by atoms with Gasteiger partial charge in [-0.2, -0.15) is 16.8 Å². The third-order valence-electron chi connectivity index (χ3n) is 3.69. The Balaban J connectivity index is 0.00000225. The van der Waals surface area contributed by atoms with Crippen molar-refractivity contribution >= 4 is 30.1 Å². The van der Waals surface area contributed by atoms with E-state index in [1.54, 1.807) is 24.3 Å². The molecule has 3 rings (SSSR count). The van der Waals surface area contributed by atoms with Crippen LogP contribution in [0.25, 0.3) is 0 Å². The SMILES string of the molecule is O=S(=O)(OS(=O)(=O)c1ccc(S(=O)(=O)c2ccccc2)cc1)c1ccccc1.[H-].[K+]. The van der Waals surface area contributed by atoms with E-state index in [4.69, 9.17) is 0 Å². The third kappa shape index (κ3) is 5.63. The molecule has 0 N–H and O–H groups in total. The van der Waals surface area contributed by atoms with Crippen molar-refractivity contribution in [2.75, 3.05) is 0 Å². The minimum Gasteiger partial charge on any atom is -1.00 e. The molecule has 0 saturated heterocycles. The van der Waals surface area contributed by atoms with E-state index in [1.165, 1.54) is 36.4 Å². The maximum absolute atomic E-state index is 12.5. The van der Waals surface area contributed by atoms with Crippen molar-refractivity contribution in [1.29, 1.82) is 0 Å². The molecule has 0 aliphatic carbocycles. The summed E-state index contributed by atoms with van der Waals surface area (Å²) in [6, 6.07) is 18.5. The van der Waals surface area contributed by atoms with Crippen LogP contribution in [0.15, 0.2) is 105 Å². The first-order valence-corrected chi connectivity index (χ1v) is 12.1. The van der Waals surface area contributed by atoms with Gasteiger partial charge >= 0.3 is 71.6 Å². The summed E-state index contributed by atoms with van der Waals surface area (Å²) in [5.41, 5.74) is 0. The van der Waals surface area contributed by atoms with E-state index >= 15 is 0 Å². The van der Waals surface area contributed by atoms with E-state index < -0.39 is 35.0 Å². The van der Waals surface area contributed by atoms with Crippen molar-refractivity contribution in [2.24, 2.45) is 0 Å². The molecule has 3 aromatic rings. The Morgan fingerprint density at radius 2 is 0.793 bits per heavy atom. The van der Waals surface area contributed by atoms with Crippen molar-refractivity contribution in [3.05, 3.63) is 84.9 Å². The average molecular weight is 479 g/mol. The van der Waals surface area contributed by atoms with Gasteiger partial charge < -0.3 is 1.43 Å². The standard InChI is InChI=1S/C18H14O7S3.K.H/c19-26(20,15-7-3-1-4-8-15)16-11-13-18(14-12-16)28(23,24)25-27(21,22)17-9-5-2-6-10-17;;/h1-14H;;/q;+1;-1. The van der Waals surface area contributed by atoms with E-state index in [2.05, 4.69) is 3.63 Å². The van der Waals surface area contributed by atoms with Gasteiger partial charge in [-0.1, -0.05) is 36.4 Å². The summed E-state index contributed by atoms with van der Waals surface area (Å²) in [6.07, 6.45) is 0. The molecular weight excluding hydrogens is 463 g/mol. The molecular formula is C18H15KO7S3. The van der Waals surface area contributed by atoms with Gasteiger partial charge in [0.15, 0.2) is 0 Å². The zero-order valence-electron chi connectivity index (χ0n) is 16.2. The summed E-state index contributed by atoms with van der Waals surface area (Å²) >= 11 is 0. The predicted molar refractivity (Wildman–Crippen MR) is 101 cm³/mol. The van der Waals surface area contributed by atoms with Gasteiger partial charge in [-0.25, -0.2) is 8.42 Å². The van der Waals surface area contributed by atoms with Crippen LogP contribution in [-0.4, -0.2) is 25.3 Å². The molecule has 0 bridgehead atoms. The second kappa shape index (κ2) is 9.50. The largest absolute Gasteiger partial charge is 1.00 e. The number of benzene rings is 3. The number of rotatable bonds is 6. The van der Waals surface area contributed by atoms with E-state index in [0.717, 1.165) is 24.3 Å². The van der Waals surface area contributed by atoms with Gasteiger partial charge in [-0.05, 0) is 48.5 Å². The summed E-state index contributed by atoms with van der Waals surface area (Å²) < 4.78 is 78.3. The van der Waals surface area contributed by atoms with E-state index in [0.29, 0.717) is 0 Å². The Bertz CT molecular complexity index is 1290. The summed E-state index contributed by atoms with van der Waals surface area (Å²) in [4.78, 5) is -0.891. The van der Waals surface area contributed by atoms with E-state index in [9.17, 15) is 25.3 Å². The topological polar surface area (TPSA) is 112 Å². The van der Waals surface area contributed by atoms with E-state index in [1.807, 2.05) is 0 Å². The van der Waals surface area contributed by atoms with Crippen molar-refractivity contribution < 1.29 is 81.7 Å². The fraction of sp³-hybridized carbons (Fsp3) is 0. The second-order valence-electron chi connectivity index (χ2n) is 5.58. The maximum atomic E-state index is 12.5. The van der Waals surface area contributed by atoms with Gasteiger partial charge in [0, 0.05) is 0 Å². The van der Waals surface area contributed by atoms with Crippen LogP contribution in [0.3, 0.4) is 0 Å². The summed E-state index contributed by atoms with van der Waals surface area (Å²) in [5, 5.41) is 0. The fourth-order valence-electron chi connectivity index (χ4n) is 2.30. The minimum atomic E-state index is -4.68. The van der Waals surface area contributed by atoms with Gasteiger partial charge in [0.2, 0.25) is 9.84 Å². The van der Waals surface area contributed by atoms with Crippen molar-refractivity contribution in [3.63, 3.8) is 0 Å². The quantitative estimate of drug-likeness (QED) is 0.448. The molecule has 0 fully saturated rings. The van der Waals surface area contributed by atoms with Crippen LogP contribution in [-0.2, 0) is 33.7 Å². The summed E-state index contributed by atoms with van der Waals surface area (Å²) in [5.74, 6) is 0. The molecule has 0 radical (unpaired) electrons. The molecule has 0 saturated carbocycles. The van der Waals surface area contributed by atoms with Crippen LogP contribution in [0, 0.1) is 0 Å². The normalized spacial score (nSPS) is 12.1. The van der Waals surface area contributed by atoms with Gasteiger partial charge in [0.05, 0.1) is 19.6 Å². The molecule has 0 atom stereocenters. The number of sulfone groups is 1. The molecule has 0 amide bonds. The zero-order chi connectivity index (χ0) is 20.4. The second-order valence-corrected chi connectivity index (χ2v) is 10.8. The predicted octanol–water partition coefficient (Wildman–Crippen LogP) is -0.270. The van der Waals surface area contributed by atoms with Crippen LogP contribution in [0.1, 0.15) is 1.43 Å². The van der Waals surface area contributed by atoms with Crippen LogP contribution in [0.2, 0.25) is 0 Å². The molecule has 7 nitrogen and oxygen atoms in total. The summed E-state index contributed by atoms with van der Waals surface area (Å²) in [6.45, 7) is 0. The molecule has 3 aromatic carbocycles. The number of hydrogen-bond acceptors (Lipinski definition) is 7. The first-order valence-electron chi connectivity index (χ1n) is 7.79. The third-order valence-corrected chi connectivity index (χ3v) is 8.61. The minimum absolute atomic E-state index is 0. The molecule has 0 unspecified atom stereocenters. The van der Waals surface area contributed by atoms with Crippen molar-refractivity contribution in [3.8, 4) is 0 Å². The smallest absolute Gasteiger partial charge is 1.00 e. The molecule has 0 spiro atoms. The molecule has 0 aliphatic rings. The fourth-order valence-corrected chi connectivity index (χ4v) is 6.12. The first kappa shape index (κ1) is 24.4. The molecule has 11 heteroatoms. The Hall–Kier alpha value is -0.894. The van der Waals surface area contributed by atoms with Crippen LogP contribution in [0.4, 0.5) is 0 Å². The Kier molecular flexibility index (Phi) is 7.98. The van der Waals surface area contributed by atoms with Gasteiger partial charge in [0.1, 0.15) is 0 Å². The molecule has 148 valence electrons. The Labute approximate surface area is 213 Å². The number of hydrogen-bond donors (Lipinski definition) is 0. The van der Waals surface area contributed by atoms with Crippen LogP contribution in [0.5, 0.6) is 0 Å². The summed E-state index contributed by atoms with van der Waals surface area (Å²) in [7, 11) is -13.1. The molecule has 0 aromatic heterocycles. The van der Waals surface area contributed by atoms with Crippen molar-refractivity contribution in [1.82, 2.24) is 0 Å². The Morgan fingerprint density at radius 1 is 0.483 bits per heavy atom. The molecule has 29 heavy (non-hydrogen) atoms. The average Bonchev–Trinajstić information content (AvgIpc) is 2.69. The maximum Gasteiger partial charge on any atom is 1.00 e. The van der Waals surface area contributed by atoms with Gasteiger partial charge in [0.25, 0.3) is 0 Å². The molecule has 0 aliphatic heterocycles. The molecule has 0 heterocycles. The van der Waals surface area contributed by atoms with Crippen LogP contribution >= 0.6 is 0 Å². The first-order chi connectivity index (χ1) is 13.1. The Morgan fingerprint density at radius 3 is 1.24 bits per heavy atom. The van der Waals surface area contributed by atoms with E-state index in [-0.39, 0.29) is 67.5 Å². The van der Waals surface area contributed by atoms with Crippen LogP contribution < -0.4 is 51.4 Å².